The van der Waals surface area contributed by atoms with Gasteiger partial charge in [-0.2, -0.15) is 0 Å². The second-order valence-corrected chi connectivity index (χ2v) is 8.42. The van der Waals surface area contributed by atoms with Crippen LogP contribution >= 0.6 is 0 Å². The Balaban J connectivity index is 1.97. The highest BCUT2D eigenvalue weighted by molar-refractivity contribution is 5.68. The molecule has 0 saturated carbocycles. The minimum atomic E-state index is -0.961. The number of rotatable bonds is 7. The van der Waals surface area contributed by atoms with Crippen LogP contribution in [0.15, 0.2) is 24.3 Å². The van der Waals surface area contributed by atoms with E-state index in [1.165, 1.54) is 7.11 Å². The smallest absolute Gasteiger partial charge is 0.410 e. The number of carbonyl (C=O) groups is 1. The van der Waals surface area contributed by atoms with Crippen LogP contribution in [0.1, 0.15) is 45.1 Å². The number of hydrogen-bond donors (Lipinski definition) is 3. The fourth-order valence-corrected chi connectivity index (χ4v) is 3.39. The predicted octanol–water partition coefficient (Wildman–Crippen LogP) is 1.85. The van der Waals surface area contributed by atoms with Gasteiger partial charge in [-0.25, -0.2) is 4.79 Å². The van der Waals surface area contributed by atoms with Crippen molar-refractivity contribution in [1.82, 2.24) is 4.90 Å². The van der Waals surface area contributed by atoms with Gasteiger partial charge in [-0.05, 0) is 51.3 Å². The summed E-state index contributed by atoms with van der Waals surface area (Å²) in [6, 6.07) is 7.94. The number of benzene rings is 1. The van der Waals surface area contributed by atoms with Gasteiger partial charge in [0.1, 0.15) is 11.8 Å². The summed E-state index contributed by atoms with van der Waals surface area (Å²) in [6.45, 7) is 8.26. The lowest BCUT2D eigenvalue weighted by molar-refractivity contribution is -0.0943. The minimum Gasteiger partial charge on any atom is -0.444 e. The molecule has 0 radical (unpaired) electrons. The monoisotopic (exact) mass is 409 g/mol. The van der Waals surface area contributed by atoms with Crippen LogP contribution < -0.4 is 10.6 Å². The topological polar surface area (TPSA) is 108 Å². The first-order chi connectivity index (χ1) is 13.6. The van der Waals surface area contributed by atoms with Crippen molar-refractivity contribution in [2.24, 2.45) is 5.73 Å². The molecule has 1 heterocycles. The first-order valence-electron chi connectivity index (χ1n) is 10.1. The first kappa shape index (κ1) is 23.4. The standard InChI is InChI=1S/C21H35N3O5/c1-21(2,3)29-20(27)24-13-11-23(12-14-24)16-7-5-15(6-8-16)17(19(26)28-4)9-10-18(22)25/h5-8,17-19,25-26H,9-14,22H2,1-4H3. The number of methoxy groups -OCH3 is 1. The molecular formula is C21H35N3O5. The van der Waals surface area contributed by atoms with E-state index in [4.69, 9.17) is 15.2 Å². The second-order valence-electron chi connectivity index (χ2n) is 8.42. The van der Waals surface area contributed by atoms with E-state index in [1.54, 1.807) is 4.90 Å². The number of amides is 1. The molecule has 3 unspecified atom stereocenters. The van der Waals surface area contributed by atoms with E-state index in [9.17, 15) is 15.0 Å². The molecule has 2 rings (SSSR count). The number of nitrogens with two attached hydrogens (primary N) is 1. The molecule has 4 N–H and O–H groups in total. The average Bonchev–Trinajstić information content (AvgIpc) is 2.67. The van der Waals surface area contributed by atoms with E-state index in [0.29, 0.717) is 25.9 Å². The van der Waals surface area contributed by atoms with Crippen LogP contribution in [-0.2, 0) is 9.47 Å². The Bertz CT molecular complexity index is 637. The zero-order valence-electron chi connectivity index (χ0n) is 17.9. The molecule has 1 aliphatic heterocycles. The summed E-state index contributed by atoms with van der Waals surface area (Å²) in [5.41, 5.74) is 6.93. The van der Waals surface area contributed by atoms with Crippen molar-refractivity contribution >= 4 is 11.8 Å². The summed E-state index contributed by atoms with van der Waals surface area (Å²) in [7, 11) is 1.45. The van der Waals surface area contributed by atoms with Gasteiger partial charge in [0.15, 0.2) is 6.29 Å². The lowest BCUT2D eigenvalue weighted by Crippen LogP contribution is -2.50. The molecule has 1 aromatic rings. The number of anilines is 1. The second kappa shape index (κ2) is 10.2. The predicted molar refractivity (Wildman–Crippen MR) is 112 cm³/mol. The highest BCUT2D eigenvalue weighted by atomic mass is 16.6. The fourth-order valence-electron chi connectivity index (χ4n) is 3.39. The molecule has 0 bridgehead atoms. The molecule has 1 amide bonds. The Hall–Kier alpha value is -1.87. The van der Waals surface area contributed by atoms with Crippen LogP contribution in [0.25, 0.3) is 0 Å². The van der Waals surface area contributed by atoms with Crippen LogP contribution in [0.2, 0.25) is 0 Å². The van der Waals surface area contributed by atoms with Crippen molar-refractivity contribution in [3.8, 4) is 0 Å². The molecule has 29 heavy (non-hydrogen) atoms. The third-order valence-electron chi connectivity index (χ3n) is 4.98. The Morgan fingerprint density at radius 2 is 1.69 bits per heavy atom. The maximum absolute atomic E-state index is 12.2. The van der Waals surface area contributed by atoms with Gasteiger partial charge in [0, 0.05) is 44.9 Å². The molecule has 8 nitrogen and oxygen atoms in total. The van der Waals surface area contributed by atoms with Crippen molar-refractivity contribution in [3.05, 3.63) is 29.8 Å². The lowest BCUT2D eigenvalue weighted by atomic mass is 9.93. The van der Waals surface area contributed by atoms with Crippen LogP contribution in [0.5, 0.6) is 0 Å². The van der Waals surface area contributed by atoms with Crippen LogP contribution in [-0.4, -0.2) is 72.6 Å². The number of nitrogens with zero attached hydrogens (tertiary/aromatic N) is 2. The van der Waals surface area contributed by atoms with Crippen LogP contribution in [0, 0.1) is 0 Å². The number of aliphatic hydroxyl groups excluding tert-OH is 2. The zero-order chi connectivity index (χ0) is 21.6. The van der Waals surface area contributed by atoms with Gasteiger partial charge < -0.3 is 35.2 Å². The third kappa shape index (κ3) is 7.15. The number of ether oxygens (including phenoxy) is 2. The first-order valence-corrected chi connectivity index (χ1v) is 10.1. The van der Waals surface area contributed by atoms with Gasteiger partial charge in [0.25, 0.3) is 0 Å². The van der Waals surface area contributed by atoms with E-state index in [-0.39, 0.29) is 12.0 Å². The summed E-state index contributed by atoms with van der Waals surface area (Å²) in [5.74, 6) is -0.267. The highest BCUT2D eigenvalue weighted by Crippen LogP contribution is 2.28. The van der Waals surface area contributed by atoms with Gasteiger partial charge in [0.05, 0.1) is 0 Å². The summed E-state index contributed by atoms with van der Waals surface area (Å²) < 4.78 is 10.5. The molecule has 1 saturated heterocycles. The van der Waals surface area contributed by atoms with Crippen molar-refractivity contribution in [2.75, 3.05) is 38.2 Å². The summed E-state index contributed by atoms with van der Waals surface area (Å²) in [5, 5.41) is 19.5. The van der Waals surface area contributed by atoms with E-state index >= 15 is 0 Å². The quantitative estimate of drug-likeness (QED) is 0.590. The molecule has 164 valence electrons. The van der Waals surface area contributed by atoms with Crippen molar-refractivity contribution in [1.29, 1.82) is 0 Å². The maximum Gasteiger partial charge on any atom is 0.410 e. The van der Waals surface area contributed by atoms with E-state index in [1.807, 2.05) is 45.0 Å². The molecule has 3 atom stereocenters. The van der Waals surface area contributed by atoms with Crippen molar-refractivity contribution in [3.63, 3.8) is 0 Å². The molecule has 0 aromatic heterocycles. The number of hydrogen-bond acceptors (Lipinski definition) is 7. The fraction of sp³-hybridized carbons (Fsp3) is 0.667. The molecule has 1 aliphatic rings. The Morgan fingerprint density at radius 3 is 2.17 bits per heavy atom. The number of aliphatic hydroxyl groups is 2. The van der Waals surface area contributed by atoms with Gasteiger partial charge in [0.2, 0.25) is 0 Å². The van der Waals surface area contributed by atoms with Gasteiger partial charge in [-0.1, -0.05) is 12.1 Å². The summed E-state index contributed by atoms with van der Waals surface area (Å²) in [4.78, 5) is 16.2. The van der Waals surface area contributed by atoms with Gasteiger partial charge in [-0.15, -0.1) is 0 Å². The SMILES string of the molecule is COC(O)C(CCC(N)O)c1ccc(N2CCN(C(=O)OC(C)(C)C)CC2)cc1. The Kier molecular flexibility index (Phi) is 8.27. The molecule has 0 aliphatic carbocycles. The van der Waals surface area contributed by atoms with Crippen molar-refractivity contribution in [2.45, 2.75) is 57.6 Å². The zero-order valence-corrected chi connectivity index (χ0v) is 17.9. The number of carbonyl (C=O) groups excluding carboxylic acids is 1. The largest absolute Gasteiger partial charge is 0.444 e. The van der Waals surface area contributed by atoms with E-state index < -0.39 is 18.1 Å². The average molecular weight is 410 g/mol. The lowest BCUT2D eigenvalue weighted by Gasteiger charge is -2.37. The van der Waals surface area contributed by atoms with Gasteiger partial charge >= 0.3 is 6.09 Å². The minimum absolute atomic E-state index is 0.267. The molecule has 8 heteroatoms. The van der Waals surface area contributed by atoms with E-state index in [2.05, 4.69) is 4.90 Å². The number of piperazine rings is 1. The van der Waals surface area contributed by atoms with Crippen molar-refractivity contribution < 1.29 is 24.5 Å². The van der Waals surface area contributed by atoms with Gasteiger partial charge in [-0.3, -0.25) is 0 Å². The Morgan fingerprint density at radius 1 is 1.10 bits per heavy atom. The molecule has 1 fully saturated rings. The molecule has 0 spiro atoms. The van der Waals surface area contributed by atoms with Crippen LogP contribution in [0.4, 0.5) is 10.5 Å². The van der Waals surface area contributed by atoms with Crippen LogP contribution in [0.3, 0.4) is 0 Å². The van der Waals surface area contributed by atoms with E-state index in [0.717, 1.165) is 24.3 Å². The highest BCUT2D eigenvalue weighted by Gasteiger charge is 2.26. The molecule has 1 aromatic carbocycles. The normalized spacial score (nSPS) is 18.3. The molecular weight excluding hydrogens is 374 g/mol. The summed E-state index contributed by atoms with van der Waals surface area (Å²) in [6.07, 6.45) is -1.26. The summed E-state index contributed by atoms with van der Waals surface area (Å²) >= 11 is 0. The third-order valence-corrected chi connectivity index (χ3v) is 4.98. The maximum atomic E-state index is 12.2. The Labute approximate surface area is 173 Å².